The molecule has 2 nitrogen and oxygen atoms in total. The molecule has 0 saturated heterocycles. The maximum absolute atomic E-state index is 12.1. The van der Waals surface area contributed by atoms with E-state index in [-0.39, 0.29) is 18.1 Å². The van der Waals surface area contributed by atoms with Crippen molar-refractivity contribution in [2.45, 2.75) is 19.8 Å². The van der Waals surface area contributed by atoms with E-state index < -0.39 is 0 Å². The van der Waals surface area contributed by atoms with Gasteiger partial charge in [0.25, 0.3) is 0 Å². The van der Waals surface area contributed by atoms with Crippen molar-refractivity contribution in [1.29, 1.82) is 5.26 Å². The molecule has 0 heterocycles. The molecular formula is C12H11BrClNO. The average Bonchev–Trinajstić information content (AvgIpc) is 2.28. The van der Waals surface area contributed by atoms with E-state index in [4.69, 9.17) is 16.9 Å². The SMILES string of the molecule is CCC(CC#N)C(=O)c1cc(Br)ccc1Cl. The minimum Gasteiger partial charge on any atom is -0.294 e. The molecule has 84 valence electrons. The van der Waals surface area contributed by atoms with Gasteiger partial charge in [-0.05, 0) is 24.6 Å². The fourth-order valence-corrected chi connectivity index (χ4v) is 2.01. The molecular weight excluding hydrogens is 289 g/mol. The molecule has 4 heteroatoms. The molecule has 0 bridgehead atoms. The van der Waals surface area contributed by atoms with Crippen LogP contribution in [0.15, 0.2) is 22.7 Å². The van der Waals surface area contributed by atoms with Crippen molar-refractivity contribution in [3.63, 3.8) is 0 Å². The third kappa shape index (κ3) is 3.07. The van der Waals surface area contributed by atoms with E-state index in [1.807, 2.05) is 13.0 Å². The number of Topliss-reactive ketones (excluding diaryl/α,β-unsaturated/α-hetero) is 1. The van der Waals surface area contributed by atoms with Crippen LogP contribution >= 0.6 is 27.5 Å². The maximum Gasteiger partial charge on any atom is 0.168 e. The van der Waals surface area contributed by atoms with Crippen molar-refractivity contribution in [3.8, 4) is 6.07 Å². The molecule has 0 aliphatic carbocycles. The molecule has 16 heavy (non-hydrogen) atoms. The zero-order valence-electron chi connectivity index (χ0n) is 8.84. The van der Waals surface area contributed by atoms with Crippen molar-refractivity contribution < 1.29 is 4.79 Å². The lowest BCUT2D eigenvalue weighted by Crippen LogP contribution is -2.14. The van der Waals surface area contributed by atoms with Crippen molar-refractivity contribution in [2.75, 3.05) is 0 Å². The van der Waals surface area contributed by atoms with E-state index in [1.54, 1.807) is 18.2 Å². The highest BCUT2D eigenvalue weighted by molar-refractivity contribution is 9.10. The van der Waals surface area contributed by atoms with E-state index in [9.17, 15) is 4.79 Å². The van der Waals surface area contributed by atoms with Gasteiger partial charge in [-0.3, -0.25) is 4.79 Å². The normalized spacial score (nSPS) is 11.9. The van der Waals surface area contributed by atoms with Crippen LogP contribution in [0.5, 0.6) is 0 Å². The smallest absolute Gasteiger partial charge is 0.168 e. The number of nitrogens with zero attached hydrogens (tertiary/aromatic N) is 1. The second-order valence-electron chi connectivity index (χ2n) is 3.46. The van der Waals surface area contributed by atoms with E-state index in [2.05, 4.69) is 15.9 Å². The first kappa shape index (κ1) is 13.2. The van der Waals surface area contributed by atoms with Crippen LogP contribution in [-0.2, 0) is 0 Å². The molecule has 0 fully saturated rings. The molecule has 0 spiro atoms. The summed E-state index contributed by atoms with van der Waals surface area (Å²) in [7, 11) is 0. The number of nitriles is 1. The lowest BCUT2D eigenvalue weighted by atomic mass is 9.93. The first-order chi connectivity index (χ1) is 7.60. The van der Waals surface area contributed by atoms with Crippen molar-refractivity contribution in [3.05, 3.63) is 33.3 Å². The van der Waals surface area contributed by atoms with Crippen LogP contribution in [0.25, 0.3) is 0 Å². The van der Waals surface area contributed by atoms with E-state index in [0.29, 0.717) is 17.0 Å². The van der Waals surface area contributed by atoms with Crippen molar-refractivity contribution in [2.24, 2.45) is 5.92 Å². The Balaban J connectivity index is 3.03. The first-order valence-corrected chi connectivity index (χ1v) is 6.13. The molecule has 1 aromatic carbocycles. The van der Waals surface area contributed by atoms with E-state index in [0.717, 1.165) is 4.47 Å². The summed E-state index contributed by atoms with van der Waals surface area (Å²) in [6, 6.07) is 7.19. The number of hydrogen-bond donors (Lipinski definition) is 0. The summed E-state index contributed by atoms with van der Waals surface area (Å²) < 4.78 is 0.812. The topological polar surface area (TPSA) is 40.9 Å². The number of ketones is 1. The van der Waals surface area contributed by atoms with Crippen LogP contribution in [0.4, 0.5) is 0 Å². The molecule has 0 aliphatic heterocycles. The number of hydrogen-bond acceptors (Lipinski definition) is 2. The Labute approximate surface area is 108 Å². The molecule has 0 radical (unpaired) electrons. The Morgan fingerprint density at radius 1 is 1.62 bits per heavy atom. The quantitative estimate of drug-likeness (QED) is 0.781. The summed E-state index contributed by atoms with van der Waals surface area (Å²) in [5.74, 6) is -0.327. The second kappa shape index (κ2) is 6.03. The van der Waals surface area contributed by atoms with Crippen LogP contribution in [0.1, 0.15) is 30.1 Å². The van der Waals surface area contributed by atoms with Crippen LogP contribution in [0.3, 0.4) is 0 Å². The predicted octanol–water partition coefficient (Wildman–Crippen LogP) is 4.23. The largest absolute Gasteiger partial charge is 0.294 e. The number of rotatable bonds is 4. The van der Waals surface area contributed by atoms with Gasteiger partial charge < -0.3 is 0 Å². The number of benzene rings is 1. The van der Waals surface area contributed by atoms with Gasteiger partial charge in [-0.15, -0.1) is 0 Å². The third-order valence-corrected chi connectivity index (χ3v) is 3.22. The Morgan fingerprint density at radius 3 is 2.88 bits per heavy atom. The van der Waals surface area contributed by atoms with Crippen LogP contribution in [-0.4, -0.2) is 5.78 Å². The zero-order chi connectivity index (χ0) is 12.1. The van der Waals surface area contributed by atoms with Gasteiger partial charge in [0.15, 0.2) is 5.78 Å². The molecule has 0 saturated carbocycles. The molecule has 0 N–H and O–H groups in total. The van der Waals surface area contributed by atoms with E-state index >= 15 is 0 Å². The molecule has 1 atom stereocenters. The van der Waals surface area contributed by atoms with Gasteiger partial charge in [0.1, 0.15) is 0 Å². The third-order valence-electron chi connectivity index (χ3n) is 2.40. The molecule has 1 aromatic rings. The van der Waals surface area contributed by atoms with Gasteiger partial charge in [-0.2, -0.15) is 5.26 Å². The van der Waals surface area contributed by atoms with Crippen LogP contribution in [0, 0.1) is 17.2 Å². The highest BCUT2D eigenvalue weighted by Gasteiger charge is 2.20. The average molecular weight is 301 g/mol. The summed E-state index contributed by atoms with van der Waals surface area (Å²) in [5.41, 5.74) is 0.484. The van der Waals surface area contributed by atoms with Crippen LogP contribution in [0.2, 0.25) is 5.02 Å². The van der Waals surface area contributed by atoms with Crippen molar-refractivity contribution in [1.82, 2.24) is 0 Å². The zero-order valence-corrected chi connectivity index (χ0v) is 11.2. The second-order valence-corrected chi connectivity index (χ2v) is 4.78. The Morgan fingerprint density at radius 2 is 2.31 bits per heavy atom. The summed E-state index contributed by atoms with van der Waals surface area (Å²) in [6.45, 7) is 1.89. The monoisotopic (exact) mass is 299 g/mol. The lowest BCUT2D eigenvalue weighted by molar-refractivity contribution is 0.0919. The summed E-state index contributed by atoms with van der Waals surface area (Å²) in [4.78, 5) is 12.1. The predicted molar refractivity (Wildman–Crippen MR) is 67.5 cm³/mol. The summed E-state index contributed by atoms with van der Waals surface area (Å²) >= 11 is 9.27. The summed E-state index contributed by atoms with van der Waals surface area (Å²) in [6.07, 6.45) is 0.882. The Bertz CT molecular complexity index is 439. The van der Waals surface area contributed by atoms with Gasteiger partial charge in [-0.1, -0.05) is 34.5 Å². The number of carbonyl (C=O) groups excluding carboxylic acids is 1. The Kier molecular flexibility index (Phi) is 4.98. The molecule has 0 aliphatic rings. The van der Waals surface area contributed by atoms with Gasteiger partial charge in [-0.25, -0.2) is 0 Å². The first-order valence-electron chi connectivity index (χ1n) is 4.96. The Hall–Kier alpha value is -0.850. The fraction of sp³-hybridized carbons (Fsp3) is 0.333. The highest BCUT2D eigenvalue weighted by atomic mass is 79.9. The molecule has 1 unspecified atom stereocenters. The molecule has 0 amide bonds. The number of halogens is 2. The summed E-state index contributed by atoms with van der Waals surface area (Å²) in [5, 5.41) is 9.08. The van der Waals surface area contributed by atoms with Gasteiger partial charge in [0.2, 0.25) is 0 Å². The fourth-order valence-electron chi connectivity index (χ4n) is 1.44. The molecule has 1 rings (SSSR count). The highest BCUT2D eigenvalue weighted by Crippen LogP contribution is 2.25. The minimum absolute atomic E-state index is 0.0599. The van der Waals surface area contributed by atoms with Gasteiger partial charge in [0.05, 0.1) is 11.1 Å². The molecule has 0 aromatic heterocycles. The van der Waals surface area contributed by atoms with Crippen LogP contribution < -0.4 is 0 Å². The van der Waals surface area contributed by atoms with E-state index in [1.165, 1.54) is 0 Å². The van der Waals surface area contributed by atoms with Gasteiger partial charge >= 0.3 is 0 Å². The number of carbonyl (C=O) groups is 1. The van der Waals surface area contributed by atoms with Gasteiger partial charge in [0, 0.05) is 22.4 Å². The standard InChI is InChI=1S/C12H11BrClNO/c1-2-8(5-6-15)12(16)10-7-9(13)3-4-11(10)14/h3-4,7-8H,2,5H2,1H3. The lowest BCUT2D eigenvalue weighted by Gasteiger charge is -2.11. The van der Waals surface area contributed by atoms with Crippen molar-refractivity contribution >= 4 is 33.3 Å². The maximum atomic E-state index is 12.1. The minimum atomic E-state index is -0.267.